The van der Waals surface area contributed by atoms with Gasteiger partial charge < -0.3 is 16.0 Å². The summed E-state index contributed by atoms with van der Waals surface area (Å²) in [7, 11) is 0. The van der Waals surface area contributed by atoms with Crippen LogP contribution in [0.15, 0.2) is 18.2 Å². The van der Waals surface area contributed by atoms with E-state index in [9.17, 15) is 18.4 Å². The molecule has 5 nitrogen and oxygen atoms in total. The molecule has 2 amide bonds. The number of benzene rings is 1. The molecule has 1 saturated heterocycles. The van der Waals surface area contributed by atoms with Crippen LogP contribution in [-0.4, -0.2) is 41.9 Å². The van der Waals surface area contributed by atoms with E-state index in [0.29, 0.717) is 38.5 Å². The Labute approximate surface area is 151 Å². The van der Waals surface area contributed by atoms with Crippen LogP contribution in [0.25, 0.3) is 0 Å². The number of hydrogen-bond donors (Lipinski definition) is 2. The van der Waals surface area contributed by atoms with Gasteiger partial charge in [0.1, 0.15) is 11.6 Å². The second-order valence-corrected chi connectivity index (χ2v) is 7.37. The van der Waals surface area contributed by atoms with Crippen LogP contribution in [0.5, 0.6) is 0 Å². The molecule has 1 saturated carbocycles. The first-order chi connectivity index (χ1) is 12.4. The predicted octanol–water partition coefficient (Wildman–Crippen LogP) is 2.20. The number of halogens is 2. The molecule has 0 aromatic heterocycles. The van der Waals surface area contributed by atoms with Gasteiger partial charge in [0.15, 0.2) is 0 Å². The highest BCUT2D eigenvalue weighted by Crippen LogP contribution is 2.30. The van der Waals surface area contributed by atoms with Crippen molar-refractivity contribution in [1.29, 1.82) is 0 Å². The van der Waals surface area contributed by atoms with E-state index in [0.717, 1.165) is 37.8 Å². The van der Waals surface area contributed by atoms with Gasteiger partial charge in [-0.3, -0.25) is 9.59 Å². The summed E-state index contributed by atoms with van der Waals surface area (Å²) < 4.78 is 26.8. The molecule has 142 valence electrons. The van der Waals surface area contributed by atoms with Crippen LogP contribution in [0.2, 0.25) is 0 Å². The zero-order valence-electron chi connectivity index (χ0n) is 14.8. The van der Waals surface area contributed by atoms with Crippen molar-refractivity contribution in [3.63, 3.8) is 0 Å². The molecule has 0 atom stereocenters. The Kier molecular flexibility index (Phi) is 5.55. The highest BCUT2D eigenvalue weighted by atomic mass is 19.1. The van der Waals surface area contributed by atoms with Gasteiger partial charge in [0.25, 0.3) is 5.91 Å². The fraction of sp³-hybridized carbons (Fsp3) is 0.579. The molecule has 1 aliphatic carbocycles. The Morgan fingerprint density at radius 1 is 1.19 bits per heavy atom. The van der Waals surface area contributed by atoms with E-state index in [1.165, 1.54) is 4.90 Å². The van der Waals surface area contributed by atoms with Crippen LogP contribution in [0.4, 0.5) is 8.78 Å². The van der Waals surface area contributed by atoms with E-state index in [4.69, 9.17) is 5.73 Å². The van der Waals surface area contributed by atoms with E-state index in [-0.39, 0.29) is 22.9 Å². The summed E-state index contributed by atoms with van der Waals surface area (Å²) in [4.78, 5) is 26.5. The number of nitrogens with two attached hydrogens (primary N) is 1. The zero-order valence-corrected chi connectivity index (χ0v) is 14.8. The SMILES string of the molecule is NCC1(NC(=O)C2CCN(C(=O)c3ccc(F)cc3F)CC2)CCCC1. The summed E-state index contributed by atoms with van der Waals surface area (Å²) in [5.41, 5.74) is 5.45. The molecular weight excluding hydrogens is 340 g/mol. The molecule has 0 bridgehead atoms. The smallest absolute Gasteiger partial charge is 0.256 e. The van der Waals surface area contributed by atoms with E-state index < -0.39 is 17.5 Å². The van der Waals surface area contributed by atoms with Gasteiger partial charge >= 0.3 is 0 Å². The lowest BCUT2D eigenvalue weighted by molar-refractivity contribution is -0.128. The Morgan fingerprint density at radius 2 is 1.85 bits per heavy atom. The van der Waals surface area contributed by atoms with Crippen molar-refractivity contribution in [2.24, 2.45) is 11.7 Å². The third-order valence-electron chi connectivity index (χ3n) is 5.65. The molecule has 1 heterocycles. The number of amides is 2. The van der Waals surface area contributed by atoms with Crippen LogP contribution in [0.1, 0.15) is 48.9 Å². The standard InChI is InChI=1S/C19H25F2N3O2/c20-14-3-4-15(16(21)11-14)18(26)24-9-5-13(6-10-24)17(25)23-19(12-22)7-1-2-8-19/h3-4,11,13H,1-2,5-10,12,22H2,(H,23,25). The maximum atomic E-state index is 13.8. The van der Waals surface area contributed by atoms with Crippen LogP contribution in [0.3, 0.4) is 0 Å². The lowest BCUT2D eigenvalue weighted by atomic mass is 9.92. The third-order valence-corrected chi connectivity index (χ3v) is 5.65. The zero-order chi connectivity index (χ0) is 18.7. The van der Waals surface area contributed by atoms with Gasteiger partial charge in [0.05, 0.1) is 11.1 Å². The number of piperidine rings is 1. The number of carbonyl (C=O) groups excluding carboxylic acids is 2. The highest BCUT2D eigenvalue weighted by molar-refractivity contribution is 5.94. The Hall–Kier alpha value is -2.02. The third kappa shape index (κ3) is 3.87. The molecule has 0 spiro atoms. The lowest BCUT2D eigenvalue weighted by Crippen LogP contribution is -2.54. The average molecular weight is 365 g/mol. The van der Waals surface area contributed by atoms with Crippen LogP contribution < -0.4 is 11.1 Å². The first-order valence-electron chi connectivity index (χ1n) is 9.20. The first-order valence-corrected chi connectivity index (χ1v) is 9.20. The van der Waals surface area contributed by atoms with Crippen molar-refractivity contribution in [3.05, 3.63) is 35.4 Å². The number of rotatable bonds is 4. The van der Waals surface area contributed by atoms with E-state index >= 15 is 0 Å². The summed E-state index contributed by atoms with van der Waals surface area (Å²) in [5.74, 6) is -2.20. The molecule has 1 aromatic carbocycles. The molecule has 3 rings (SSSR count). The highest BCUT2D eigenvalue weighted by Gasteiger charge is 2.37. The maximum Gasteiger partial charge on any atom is 0.256 e. The number of nitrogens with zero attached hydrogens (tertiary/aromatic N) is 1. The van der Waals surface area contributed by atoms with Crippen LogP contribution >= 0.6 is 0 Å². The van der Waals surface area contributed by atoms with Crippen molar-refractivity contribution >= 4 is 11.8 Å². The van der Waals surface area contributed by atoms with Crippen LogP contribution in [0, 0.1) is 17.6 Å². The molecule has 7 heteroatoms. The van der Waals surface area contributed by atoms with Gasteiger partial charge in [-0.2, -0.15) is 0 Å². The quantitative estimate of drug-likeness (QED) is 0.859. The second-order valence-electron chi connectivity index (χ2n) is 7.37. The minimum atomic E-state index is -0.860. The molecule has 0 unspecified atom stereocenters. The minimum Gasteiger partial charge on any atom is -0.349 e. The Bertz CT molecular complexity index is 681. The molecule has 26 heavy (non-hydrogen) atoms. The molecule has 2 fully saturated rings. The van der Waals surface area contributed by atoms with Crippen molar-refractivity contribution < 1.29 is 18.4 Å². The minimum absolute atomic E-state index is 0.00240. The molecule has 0 radical (unpaired) electrons. The second kappa shape index (κ2) is 7.70. The largest absolute Gasteiger partial charge is 0.349 e. The van der Waals surface area contributed by atoms with E-state index in [2.05, 4.69) is 5.32 Å². The summed E-state index contributed by atoms with van der Waals surface area (Å²) in [5, 5.41) is 3.13. The topological polar surface area (TPSA) is 75.4 Å². The Morgan fingerprint density at radius 3 is 2.42 bits per heavy atom. The van der Waals surface area contributed by atoms with Crippen LogP contribution in [-0.2, 0) is 4.79 Å². The summed E-state index contributed by atoms with van der Waals surface area (Å²) >= 11 is 0. The average Bonchev–Trinajstić information content (AvgIpc) is 3.10. The van der Waals surface area contributed by atoms with Gasteiger partial charge in [0.2, 0.25) is 5.91 Å². The summed E-state index contributed by atoms with van der Waals surface area (Å²) in [6.07, 6.45) is 5.04. The molecular formula is C19H25F2N3O2. The monoisotopic (exact) mass is 365 g/mol. The maximum absolute atomic E-state index is 13.8. The molecule has 1 aliphatic heterocycles. The fourth-order valence-electron chi connectivity index (χ4n) is 3.97. The molecule has 1 aromatic rings. The molecule has 2 aliphatic rings. The number of carbonyl (C=O) groups is 2. The number of hydrogen-bond acceptors (Lipinski definition) is 3. The fourth-order valence-corrected chi connectivity index (χ4v) is 3.97. The van der Waals surface area contributed by atoms with Gasteiger partial charge in [-0.1, -0.05) is 12.8 Å². The van der Waals surface area contributed by atoms with Crippen molar-refractivity contribution in [1.82, 2.24) is 10.2 Å². The van der Waals surface area contributed by atoms with Crippen molar-refractivity contribution in [3.8, 4) is 0 Å². The predicted molar refractivity (Wildman–Crippen MR) is 93.4 cm³/mol. The van der Waals surface area contributed by atoms with Gasteiger partial charge in [-0.05, 0) is 37.8 Å². The van der Waals surface area contributed by atoms with Crippen molar-refractivity contribution in [2.75, 3.05) is 19.6 Å². The first kappa shape index (κ1) is 18.8. The lowest BCUT2D eigenvalue weighted by Gasteiger charge is -2.35. The van der Waals surface area contributed by atoms with Gasteiger partial charge in [0, 0.05) is 31.6 Å². The van der Waals surface area contributed by atoms with E-state index in [1.807, 2.05) is 0 Å². The van der Waals surface area contributed by atoms with Gasteiger partial charge in [-0.25, -0.2) is 8.78 Å². The number of nitrogens with one attached hydrogen (secondary N) is 1. The molecule has 3 N–H and O–H groups in total. The van der Waals surface area contributed by atoms with Gasteiger partial charge in [-0.15, -0.1) is 0 Å². The summed E-state index contributed by atoms with van der Waals surface area (Å²) in [6, 6.07) is 2.95. The van der Waals surface area contributed by atoms with E-state index in [1.54, 1.807) is 0 Å². The Balaban J connectivity index is 1.56. The summed E-state index contributed by atoms with van der Waals surface area (Å²) in [6.45, 7) is 1.20. The van der Waals surface area contributed by atoms with Crippen molar-refractivity contribution in [2.45, 2.75) is 44.1 Å². The number of likely N-dealkylation sites (tertiary alicyclic amines) is 1. The normalized spacial score (nSPS) is 20.2.